The molecule has 12 fully saturated rings. The summed E-state index contributed by atoms with van der Waals surface area (Å²) >= 11 is 0. The van der Waals surface area contributed by atoms with Crippen molar-refractivity contribution in [1.29, 1.82) is 0 Å². The first kappa shape index (κ1) is 70.6. The maximum Gasteiger partial charge on any atom is 0.187 e. The van der Waals surface area contributed by atoms with Crippen LogP contribution in [0, 0.1) is 0 Å². The number of hydrogen-bond donors (Lipinski definition) is 1. The standard InChI is InChI=1S/C55H96O31/c1-57-19-26-32-38(61-5)46(69-13)52(77-26)85-36-30-23-73-17-25(56)18-74-24-31-37(43(66-10)49(72-16)55(80-31)83-34-28(21-59-3)75-50(81-32)44(67-11)40(34)63-7)86-53-47(70-14)39(62-6)33(27(78-53)20-58-2)82-51-45(68-12)41(64-8)35(29(76-51)22-60-4)84-54(79-30)48(71-15)42(36)65-9/h25-56H,17-24H2,1-16H3/t26-,27-,28-,29-,30-,31-,32-,33-,34-,35-,36-,37-,38+,39+,40+,41+,42+,43+,44-,45-,46-,47-,48-,49-,50-,51-,52-,53-,54-,55-/m1/s1. The number of rotatable bonds is 20. The molecule has 12 bridgehead atoms. The lowest BCUT2D eigenvalue weighted by molar-refractivity contribution is -0.410. The van der Waals surface area contributed by atoms with Crippen molar-refractivity contribution in [3.8, 4) is 0 Å². The molecular weight excluding hydrogens is 1160 g/mol. The van der Waals surface area contributed by atoms with Crippen LogP contribution in [-0.4, -0.2) is 362 Å². The van der Waals surface area contributed by atoms with Gasteiger partial charge >= 0.3 is 0 Å². The van der Waals surface area contributed by atoms with Gasteiger partial charge in [0, 0.05) is 114 Å². The highest BCUT2D eigenvalue weighted by Crippen LogP contribution is 2.42. The zero-order valence-electron chi connectivity index (χ0n) is 52.2. The van der Waals surface area contributed by atoms with Crippen LogP contribution in [0.5, 0.6) is 0 Å². The SMILES string of the molecule is COC[C@H]1O[C@@H]2O[C@H]3[C@H](OC)[C@@H](OC)[C@H]4O[C@H]5[C@H](OC)[C@@H](OC)[C@@H](O[C@H]6[C@H](OC)[C@@H](OC)[C@@H](O[C@H]7[C@H](OC)[C@@H](OC)[C@@H](O[C@H]8[C@H](OC)[C@@H](OC)[C@@H](O[C@H]1[C@H](OC)[C@H]2OC)O[C@@H]8COC)O[C@@H]7COCC(O)COC[C@H]3O4)O[C@@H]6COC)O[C@@H]5COC. The molecule has 0 radical (unpaired) electrons. The molecule has 0 spiro atoms. The van der Waals surface area contributed by atoms with Gasteiger partial charge in [-0.15, -0.1) is 0 Å². The third-order valence-corrected chi connectivity index (χ3v) is 17.1. The highest BCUT2D eigenvalue weighted by molar-refractivity contribution is 5.03. The van der Waals surface area contributed by atoms with Gasteiger partial charge in [-0.05, 0) is 0 Å². The van der Waals surface area contributed by atoms with E-state index in [2.05, 4.69) is 0 Å². The summed E-state index contributed by atoms with van der Waals surface area (Å²) in [5, 5.41) is 11.7. The van der Waals surface area contributed by atoms with E-state index < -0.39 is 190 Å². The Morgan fingerprint density at radius 1 is 0.244 bits per heavy atom. The van der Waals surface area contributed by atoms with E-state index in [0.717, 1.165) is 0 Å². The number of hydrogen-bond acceptors (Lipinski definition) is 31. The van der Waals surface area contributed by atoms with Crippen LogP contribution < -0.4 is 0 Å². The van der Waals surface area contributed by atoms with E-state index in [1.54, 1.807) is 0 Å². The van der Waals surface area contributed by atoms with E-state index in [9.17, 15) is 5.11 Å². The van der Waals surface area contributed by atoms with Gasteiger partial charge < -0.3 is 147 Å². The Bertz CT molecular complexity index is 1780. The van der Waals surface area contributed by atoms with Crippen molar-refractivity contribution in [2.45, 2.75) is 190 Å². The number of methoxy groups -OCH3 is 16. The molecule has 31 nitrogen and oxygen atoms in total. The fourth-order valence-corrected chi connectivity index (χ4v) is 13.1. The van der Waals surface area contributed by atoms with Gasteiger partial charge in [0.1, 0.15) is 153 Å². The Kier molecular flexibility index (Phi) is 28.0. The molecule has 0 aromatic carbocycles. The van der Waals surface area contributed by atoms with Crippen molar-refractivity contribution >= 4 is 0 Å². The number of aliphatic hydroxyl groups excluding tert-OH is 1. The van der Waals surface area contributed by atoms with Gasteiger partial charge in [-0.2, -0.15) is 0 Å². The van der Waals surface area contributed by atoms with E-state index in [1.807, 2.05) is 0 Å². The van der Waals surface area contributed by atoms with E-state index in [1.165, 1.54) is 114 Å². The molecule has 12 aliphatic heterocycles. The first-order chi connectivity index (χ1) is 41.9. The fraction of sp³-hybridized carbons (Fsp3) is 1.00. The third-order valence-electron chi connectivity index (χ3n) is 17.1. The quantitative estimate of drug-likeness (QED) is 0.136. The van der Waals surface area contributed by atoms with Gasteiger partial charge in [0.15, 0.2) is 37.7 Å². The molecule has 12 saturated heterocycles. The number of aliphatic hydroxyl groups is 1. The summed E-state index contributed by atoms with van der Waals surface area (Å²) in [4.78, 5) is 0. The van der Waals surface area contributed by atoms with Crippen molar-refractivity contribution in [1.82, 2.24) is 0 Å². The van der Waals surface area contributed by atoms with Crippen LogP contribution in [0.1, 0.15) is 0 Å². The van der Waals surface area contributed by atoms with Crippen LogP contribution in [0.3, 0.4) is 0 Å². The number of ether oxygens (including phenoxy) is 30. The summed E-state index contributed by atoms with van der Waals surface area (Å²) in [5.41, 5.74) is 0. The molecule has 12 aliphatic rings. The second-order valence-electron chi connectivity index (χ2n) is 21.8. The second-order valence-corrected chi connectivity index (χ2v) is 21.8. The lowest BCUT2D eigenvalue weighted by atomic mass is 9.94. The lowest BCUT2D eigenvalue weighted by Crippen LogP contribution is -2.70. The van der Waals surface area contributed by atoms with E-state index >= 15 is 0 Å². The number of fused-ring (bicyclic) bond motifs is 4. The molecule has 0 saturated carbocycles. The maximum absolute atomic E-state index is 11.7. The van der Waals surface area contributed by atoms with Gasteiger partial charge in [-0.25, -0.2) is 0 Å². The normalized spacial score (nSPS) is 47.3. The van der Waals surface area contributed by atoms with Crippen molar-refractivity contribution < 1.29 is 147 Å². The van der Waals surface area contributed by atoms with Gasteiger partial charge in [0.2, 0.25) is 0 Å². The van der Waals surface area contributed by atoms with Crippen LogP contribution in [0.2, 0.25) is 0 Å². The van der Waals surface area contributed by atoms with E-state index in [0.29, 0.717) is 0 Å². The summed E-state index contributed by atoms with van der Waals surface area (Å²) in [6.07, 6.45) is -32.6. The van der Waals surface area contributed by atoms with Gasteiger partial charge in [0.05, 0.1) is 52.9 Å². The third kappa shape index (κ3) is 15.2. The van der Waals surface area contributed by atoms with E-state index in [-0.39, 0.29) is 52.9 Å². The van der Waals surface area contributed by atoms with Crippen LogP contribution in [0.4, 0.5) is 0 Å². The van der Waals surface area contributed by atoms with Crippen molar-refractivity contribution in [3.63, 3.8) is 0 Å². The molecule has 31 heteroatoms. The molecule has 0 aliphatic carbocycles. The van der Waals surface area contributed by atoms with Gasteiger partial charge in [0.25, 0.3) is 0 Å². The maximum atomic E-state index is 11.7. The van der Waals surface area contributed by atoms with E-state index in [4.69, 9.17) is 142 Å². The molecule has 0 unspecified atom stereocenters. The Morgan fingerprint density at radius 3 is 0.651 bits per heavy atom. The highest BCUT2D eigenvalue weighted by Gasteiger charge is 2.61. The summed E-state index contributed by atoms with van der Waals surface area (Å²) in [7, 11) is 24.0. The minimum absolute atomic E-state index is 0.0322. The molecule has 502 valence electrons. The second kappa shape index (κ2) is 34.1. The predicted octanol–water partition coefficient (Wildman–Crippen LogP) is -2.17. The minimum atomic E-state index is -1.27. The highest BCUT2D eigenvalue weighted by atomic mass is 16.8. The van der Waals surface area contributed by atoms with Crippen molar-refractivity contribution in [3.05, 3.63) is 0 Å². The monoisotopic (exact) mass is 1250 g/mol. The molecule has 12 rings (SSSR count). The summed E-state index contributed by atoms with van der Waals surface area (Å²) in [5.74, 6) is 0. The Hall–Kier alpha value is -1.24. The molecular formula is C55H96O31. The molecule has 86 heavy (non-hydrogen) atoms. The molecule has 0 aromatic rings. The zero-order chi connectivity index (χ0) is 61.8. The van der Waals surface area contributed by atoms with Gasteiger partial charge in [-0.3, -0.25) is 0 Å². The molecule has 12 heterocycles. The van der Waals surface area contributed by atoms with Crippen molar-refractivity contribution in [2.75, 3.05) is 167 Å². The Morgan fingerprint density at radius 2 is 0.442 bits per heavy atom. The molecule has 0 amide bonds. The zero-order valence-corrected chi connectivity index (χ0v) is 52.2. The van der Waals surface area contributed by atoms with Crippen LogP contribution >= 0.6 is 0 Å². The topological polar surface area (TPSA) is 297 Å². The van der Waals surface area contributed by atoms with Crippen LogP contribution in [0.15, 0.2) is 0 Å². The molecule has 30 atom stereocenters. The van der Waals surface area contributed by atoms with Crippen LogP contribution in [-0.2, 0) is 142 Å². The largest absolute Gasteiger partial charge is 0.388 e. The average Bonchev–Trinajstić information content (AvgIpc) is 1.27. The summed E-state index contributed by atoms with van der Waals surface area (Å²) in [6, 6.07) is 0. The first-order valence-corrected chi connectivity index (χ1v) is 28.9. The summed E-state index contributed by atoms with van der Waals surface area (Å²) in [6.45, 7) is -1.11. The van der Waals surface area contributed by atoms with Crippen molar-refractivity contribution in [2.24, 2.45) is 0 Å². The van der Waals surface area contributed by atoms with Gasteiger partial charge in [-0.1, -0.05) is 0 Å². The average molecular weight is 1250 g/mol. The summed E-state index contributed by atoms with van der Waals surface area (Å²) < 4.78 is 194. The lowest BCUT2D eigenvalue weighted by Gasteiger charge is -2.53. The predicted molar refractivity (Wildman–Crippen MR) is 286 cm³/mol. The molecule has 1 N–H and O–H groups in total. The minimum Gasteiger partial charge on any atom is -0.388 e. The van der Waals surface area contributed by atoms with Crippen LogP contribution in [0.25, 0.3) is 0 Å². The first-order valence-electron chi connectivity index (χ1n) is 28.9. The Labute approximate surface area is 503 Å². The smallest absolute Gasteiger partial charge is 0.187 e. The fourth-order valence-electron chi connectivity index (χ4n) is 13.1. The Balaban J connectivity index is 1.30. The molecule has 0 aromatic heterocycles.